The Kier molecular flexibility index (Phi) is 65.7. The summed E-state index contributed by atoms with van der Waals surface area (Å²) in [5.74, 6) is 0. The number of aliphatic hydroxyl groups is 4. The van der Waals surface area contributed by atoms with Crippen molar-refractivity contribution in [2.75, 3.05) is 26.4 Å². The van der Waals surface area contributed by atoms with E-state index in [1.807, 2.05) is 0 Å². The summed E-state index contributed by atoms with van der Waals surface area (Å²) in [7, 11) is 0. The van der Waals surface area contributed by atoms with E-state index in [2.05, 4.69) is 0 Å². The monoisotopic (exact) mass is 1010 g/mol. The molecule has 0 spiro atoms. The van der Waals surface area contributed by atoms with Crippen molar-refractivity contribution in [3.8, 4) is 0 Å². The highest BCUT2D eigenvalue weighted by molar-refractivity contribution is 4.57. The van der Waals surface area contributed by atoms with E-state index in [1.165, 1.54) is 385 Å². The Morgan fingerprint density at radius 3 is 0.296 bits per heavy atom. The molecule has 71 heavy (non-hydrogen) atoms. The first-order valence-electron chi connectivity index (χ1n) is 33.4. The molecule has 0 amide bonds. The maximum Gasteiger partial charge on any atom is 0.100 e. The van der Waals surface area contributed by atoms with Gasteiger partial charge in [-0.25, -0.2) is 0 Å². The standard InChI is InChI=1S/6C10H20.C6H14O5/c6*1-2-4-6-8-10-9-7-5-3-1;7-1-5(9)3-11-4-6(10)2-8/h6*1-10H2;5-10H,1-4H2. The van der Waals surface area contributed by atoms with Crippen molar-refractivity contribution in [2.24, 2.45) is 0 Å². The zero-order valence-corrected chi connectivity index (χ0v) is 48.6. The summed E-state index contributed by atoms with van der Waals surface area (Å²) >= 11 is 0. The molecule has 6 aliphatic rings. The van der Waals surface area contributed by atoms with Crippen LogP contribution in [0.3, 0.4) is 0 Å². The van der Waals surface area contributed by atoms with Crippen molar-refractivity contribution in [2.45, 2.75) is 397 Å². The first-order chi connectivity index (χ1) is 35.2. The van der Waals surface area contributed by atoms with Crippen LogP contribution in [0.4, 0.5) is 0 Å². The van der Waals surface area contributed by atoms with Crippen LogP contribution < -0.4 is 0 Å². The molecule has 0 heterocycles. The Bertz CT molecular complexity index is 535. The number of hydrogen-bond donors (Lipinski definition) is 4. The summed E-state index contributed by atoms with van der Waals surface area (Å²) in [5.41, 5.74) is 0. The Hall–Kier alpha value is -0.200. The lowest BCUT2D eigenvalue weighted by molar-refractivity contribution is -0.0364. The van der Waals surface area contributed by atoms with Crippen molar-refractivity contribution >= 4 is 0 Å². The van der Waals surface area contributed by atoms with Gasteiger partial charge < -0.3 is 25.2 Å². The molecule has 2 unspecified atom stereocenters. The first kappa shape index (κ1) is 70.8. The fourth-order valence-electron chi connectivity index (χ4n) is 11.1. The second-order valence-electron chi connectivity index (χ2n) is 23.4. The maximum atomic E-state index is 8.72. The lowest BCUT2D eigenvalue weighted by atomic mass is 10.0. The van der Waals surface area contributed by atoms with Crippen LogP contribution in [0.15, 0.2) is 0 Å². The van der Waals surface area contributed by atoms with Crippen LogP contribution in [-0.2, 0) is 4.74 Å². The van der Waals surface area contributed by atoms with Gasteiger partial charge in [-0.05, 0) is 0 Å². The molecule has 428 valence electrons. The minimum Gasteiger partial charge on any atom is -0.394 e. The van der Waals surface area contributed by atoms with E-state index >= 15 is 0 Å². The Balaban J connectivity index is 0.000000805. The first-order valence-corrected chi connectivity index (χ1v) is 33.4. The van der Waals surface area contributed by atoms with Gasteiger partial charge in [0.1, 0.15) is 12.2 Å². The Labute approximate surface area is 447 Å². The molecule has 0 aromatic rings. The van der Waals surface area contributed by atoms with E-state index in [9.17, 15) is 0 Å². The van der Waals surface area contributed by atoms with Gasteiger partial charge >= 0.3 is 0 Å². The molecule has 5 nitrogen and oxygen atoms in total. The van der Waals surface area contributed by atoms with Gasteiger partial charge in [0.05, 0.1) is 26.4 Å². The highest BCUT2D eigenvalue weighted by Crippen LogP contribution is 2.20. The van der Waals surface area contributed by atoms with E-state index in [1.54, 1.807) is 0 Å². The van der Waals surface area contributed by atoms with E-state index in [-0.39, 0.29) is 26.4 Å². The van der Waals surface area contributed by atoms with Crippen molar-refractivity contribution < 1.29 is 25.2 Å². The summed E-state index contributed by atoms with van der Waals surface area (Å²) in [6, 6.07) is 0. The van der Waals surface area contributed by atoms with Gasteiger partial charge in [0, 0.05) is 0 Å². The Morgan fingerprint density at radius 2 is 0.239 bits per heavy atom. The molecule has 0 radical (unpaired) electrons. The SMILES string of the molecule is C1CCCCCCCCC1.C1CCCCCCCCC1.C1CCCCCCCCC1.C1CCCCCCCCC1.C1CCCCCCCCC1.C1CCCCCCCCC1.OCC(O)COCC(O)CO. The number of rotatable bonds is 6. The highest BCUT2D eigenvalue weighted by atomic mass is 16.5. The molecule has 4 N–H and O–H groups in total. The molecular weight excluding hydrogens is 873 g/mol. The number of hydrogen-bond acceptors (Lipinski definition) is 5. The zero-order chi connectivity index (χ0) is 51.1. The van der Waals surface area contributed by atoms with Gasteiger partial charge in [-0.2, -0.15) is 0 Å². The van der Waals surface area contributed by atoms with Crippen LogP contribution >= 0.6 is 0 Å². The van der Waals surface area contributed by atoms with Crippen LogP contribution in [0, 0.1) is 0 Å². The van der Waals surface area contributed by atoms with E-state index in [0.29, 0.717) is 0 Å². The predicted molar refractivity (Wildman–Crippen MR) is 314 cm³/mol. The zero-order valence-electron chi connectivity index (χ0n) is 48.6. The van der Waals surface area contributed by atoms with Crippen molar-refractivity contribution in [3.05, 3.63) is 0 Å². The third-order valence-corrected chi connectivity index (χ3v) is 16.0. The summed E-state index contributed by atoms with van der Waals surface area (Å²) < 4.78 is 4.72. The third kappa shape index (κ3) is 65.9. The molecule has 2 atom stereocenters. The van der Waals surface area contributed by atoms with Crippen molar-refractivity contribution in [1.82, 2.24) is 0 Å². The molecule has 6 rings (SSSR count). The molecule has 6 fully saturated rings. The minimum absolute atomic E-state index is 0.0342. The molecule has 0 aliphatic heterocycles. The highest BCUT2D eigenvalue weighted by Gasteiger charge is 2.06. The second-order valence-corrected chi connectivity index (χ2v) is 23.4. The van der Waals surface area contributed by atoms with Gasteiger partial charge in [0.15, 0.2) is 0 Å². The summed E-state index contributed by atoms with van der Waals surface area (Å²) in [4.78, 5) is 0. The number of aliphatic hydroxyl groups excluding tert-OH is 4. The summed E-state index contributed by atoms with van der Waals surface area (Å²) in [6.45, 7) is -0.800. The number of ether oxygens (including phenoxy) is 1. The largest absolute Gasteiger partial charge is 0.394 e. The van der Waals surface area contributed by atoms with Crippen LogP contribution in [0.25, 0.3) is 0 Å². The fraction of sp³-hybridized carbons (Fsp3) is 1.00. The van der Waals surface area contributed by atoms with Crippen molar-refractivity contribution in [1.29, 1.82) is 0 Å². The molecular formula is C66H134O5. The minimum atomic E-state index is -0.916. The lowest BCUT2D eigenvalue weighted by Crippen LogP contribution is -2.25. The smallest absolute Gasteiger partial charge is 0.100 e. The van der Waals surface area contributed by atoms with E-state index < -0.39 is 12.2 Å². The van der Waals surface area contributed by atoms with Gasteiger partial charge in [-0.3, -0.25) is 0 Å². The molecule has 0 aromatic heterocycles. The van der Waals surface area contributed by atoms with Crippen molar-refractivity contribution in [3.63, 3.8) is 0 Å². The summed E-state index contributed by atoms with van der Waals surface area (Å²) in [5, 5.41) is 34.1. The topological polar surface area (TPSA) is 90.2 Å². The molecule has 5 heteroatoms. The predicted octanol–water partition coefficient (Wildman–Crippen LogP) is 21.1. The van der Waals surface area contributed by atoms with E-state index in [4.69, 9.17) is 25.2 Å². The summed E-state index contributed by atoms with van der Waals surface area (Å²) in [6.07, 6.45) is 88.2. The molecule has 6 aliphatic carbocycles. The van der Waals surface area contributed by atoms with Gasteiger partial charge in [0.2, 0.25) is 0 Å². The Morgan fingerprint density at radius 1 is 0.169 bits per heavy atom. The van der Waals surface area contributed by atoms with Gasteiger partial charge in [-0.1, -0.05) is 385 Å². The van der Waals surface area contributed by atoms with Crippen LogP contribution in [0.2, 0.25) is 0 Å². The quantitative estimate of drug-likeness (QED) is 0.213. The molecule has 0 saturated heterocycles. The average Bonchev–Trinajstić information content (AvgIpc) is 3.42. The average molecular weight is 1010 g/mol. The fourth-order valence-corrected chi connectivity index (χ4v) is 11.1. The van der Waals surface area contributed by atoms with E-state index in [0.717, 1.165) is 0 Å². The van der Waals surface area contributed by atoms with Crippen LogP contribution in [0.5, 0.6) is 0 Å². The van der Waals surface area contributed by atoms with Gasteiger partial charge in [-0.15, -0.1) is 0 Å². The normalized spacial score (nSPS) is 22.8. The third-order valence-electron chi connectivity index (χ3n) is 16.0. The van der Waals surface area contributed by atoms with Gasteiger partial charge in [0.25, 0.3) is 0 Å². The molecule has 6 saturated carbocycles. The second kappa shape index (κ2) is 65.9. The van der Waals surface area contributed by atoms with Crippen LogP contribution in [0.1, 0.15) is 385 Å². The molecule has 0 bridgehead atoms. The van der Waals surface area contributed by atoms with Crippen LogP contribution in [-0.4, -0.2) is 59.1 Å². The lowest BCUT2D eigenvalue weighted by Gasteiger charge is -2.10. The maximum absolute atomic E-state index is 8.72. The molecule has 0 aromatic carbocycles.